The third-order valence-electron chi connectivity index (χ3n) is 5.15. The molecular formula is C17H26F2N2. The Morgan fingerprint density at radius 1 is 1.29 bits per heavy atom. The van der Waals surface area contributed by atoms with Crippen LogP contribution in [0.1, 0.15) is 51.1 Å². The van der Waals surface area contributed by atoms with Gasteiger partial charge in [-0.25, -0.2) is 8.78 Å². The maximum absolute atomic E-state index is 13.7. The van der Waals surface area contributed by atoms with Crippen LogP contribution >= 0.6 is 0 Å². The van der Waals surface area contributed by atoms with Crippen LogP contribution in [-0.4, -0.2) is 24.5 Å². The predicted octanol–water partition coefficient (Wildman–Crippen LogP) is 3.87. The maximum atomic E-state index is 13.7. The third-order valence-corrected chi connectivity index (χ3v) is 5.15. The summed E-state index contributed by atoms with van der Waals surface area (Å²) in [4.78, 5) is 2.41. The Balaban J connectivity index is 1.90. The molecule has 2 rings (SSSR count). The number of likely N-dealkylation sites (tertiary alicyclic amines) is 1. The van der Waals surface area contributed by atoms with E-state index >= 15 is 0 Å². The molecule has 2 nitrogen and oxygen atoms in total. The van der Waals surface area contributed by atoms with Crippen LogP contribution in [0.3, 0.4) is 0 Å². The van der Waals surface area contributed by atoms with Gasteiger partial charge in [-0.3, -0.25) is 0 Å². The average Bonchev–Trinajstić information content (AvgIpc) is 2.92. The van der Waals surface area contributed by atoms with E-state index in [1.165, 1.54) is 25.3 Å². The van der Waals surface area contributed by atoms with Gasteiger partial charge < -0.3 is 10.6 Å². The van der Waals surface area contributed by atoms with Crippen molar-refractivity contribution in [3.63, 3.8) is 0 Å². The van der Waals surface area contributed by atoms with Crippen LogP contribution in [0.2, 0.25) is 0 Å². The minimum Gasteiger partial charge on any atom is -0.324 e. The molecule has 0 radical (unpaired) electrons. The number of hydrogen-bond acceptors (Lipinski definition) is 2. The fourth-order valence-electron chi connectivity index (χ4n) is 3.33. The van der Waals surface area contributed by atoms with E-state index in [0.717, 1.165) is 25.7 Å². The van der Waals surface area contributed by atoms with Crippen molar-refractivity contribution in [2.75, 3.05) is 19.6 Å². The molecule has 4 heteroatoms. The second-order valence-corrected chi connectivity index (χ2v) is 6.27. The first-order chi connectivity index (χ1) is 10.0. The van der Waals surface area contributed by atoms with Crippen molar-refractivity contribution >= 4 is 0 Å². The first-order valence-electron chi connectivity index (χ1n) is 7.93. The van der Waals surface area contributed by atoms with Crippen LogP contribution in [-0.2, 0) is 0 Å². The zero-order valence-electron chi connectivity index (χ0n) is 13.0. The zero-order chi connectivity index (χ0) is 15.5. The molecule has 1 aliphatic rings. The SMILES string of the molecule is CCC1(CC)CCN(CCC(N)c2cccc(F)c2F)C1. The van der Waals surface area contributed by atoms with Gasteiger partial charge in [0.25, 0.3) is 0 Å². The second kappa shape index (κ2) is 6.84. The van der Waals surface area contributed by atoms with E-state index in [1.807, 2.05) is 0 Å². The summed E-state index contributed by atoms with van der Waals surface area (Å²) in [7, 11) is 0. The van der Waals surface area contributed by atoms with Crippen molar-refractivity contribution in [3.05, 3.63) is 35.4 Å². The van der Waals surface area contributed by atoms with Gasteiger partial charge in [0.1, 0.15) is 0 Å². The van der Waals surface area contributed by atoms with Gasteiger partial charge in [-0.05, 0) is 50.3 Å². The number of benzene rings is 1. The Hall–Kier alpha value is -1.00. The lowest BCUT2D eigenvalue weighted by Gasteiger charge is -2.27. The van der Waals surface area contributed by atoms with Crippen molar-refractivity contribution in [1.29, 1.82) is 0 Å². The van der Waals surface area contributed by atoms with E-state index in [-0.39, 0.29) is 5.56 Å². The summed E-state index contributed by atoms with van der Waals surface area (Å²) in [5.74, 6) is -1.62. The van der Waals surface area contributed by atoms with E-state index in [0.29, 0.717) is 11.8 Å². The minimum atomic E-state index is -0.819. The molecule has 1 atom stereocenters. The molecule has 1 saturated heterocycles. The fourth-order valence-corrected chi connectivity index (χ4v) is 3.33. The Bertz CT molecular complexity index is 472. The molecule has 0 spiro atoms. The fraction of sp³-hybridized carbons (Fsp3) is 0.647. The molecular weight excluding hydrogens is 270 g/mol. The highest BCUT2D eigenvalue weighted by Crippen LogP contribution is 2.37. The quantitative estimate of drug-likeness (QED) is 0.863. The van der Waals surface area contributed by atoms with Gasteiger partial charge in [-0.1, -0.05) is 26.0 Å². The molecule has 0 aromatic heterocycles. The van der Waals surface area contributed by atoms with E-state index in [2.05, 4.69) is 18.7 Å². The first kappa shape index (κ1) is 16.4. The molecule has 1 fully saturated rings. The topological polar surface area (TPSA) is 29.3 Å². The third kappa shape index (κ3) is 3.61. The summed E-state index contributed by atoms with van der Waals surface area (Å²) in [6.07, 6.45) is 4.28. The average molecular weight is 296 g/mol. The van der Waals surface area contributed by atoms with Gasteiger partial charge in [0, 0.05) is 18.2 Å². The second-order valence-electron chi connectivity index (χ2n) is 6.27. The molecule has 1 aromatic carbocycles. The number of halogens is 2. The Morgan fingerprint density at radius 2 is 2.00 bits per heavy atom. The summed E-state index contributed by atoms with van der Waals surface area (Å²) in [5, 5.41) is 0. The lowest BCUT2D eigenvalue weighted by Crippen LogP contribution is -2.29. The molecule has 0 amide bonds. The highest BCUT2D eigenvalue weighted by molar-refractivity contribution is 5.22. The standard InChI is InChI=1S/C17H26F2N2/c1-3-17(4-2)9-11-21(12-17)10-8-15(20)13-6-5-7-14(18)16(13)19/h5-7,15H,3-4,8-12,20H2,1-2H3. The molecule has 21 heavy (non-hydrogen) atoms. The summed E-state index contributed by atoms with van der Waals surface area (Å²) in [6, 6.07) is 3.78. The molecule has 1 unspecified atom stereocenters. The molecule has 118 valence electrons. The summed E-state index contributed by atoms with van der Waals surface area (Å²) in [6.45, 7) is 7.53. The zero-order valence-corrected chi connectivity index (χ0v) is 13.0. The first-order valence-corrected chi connectivity index (χ1v) is 7.93. The smallest absolute Gasteiger partial charge is 0.163 e. The van der Waals surface area contributed by atoms with Crippen molar-refractivity contribution < 1.29 is 8.78 Å². The van der Waals surface area contributed by atoms with Crippen LogP contribution in [0.25, 0.3) is 0 Å². The molecule has 0 saturated carbocycles. The van der Waals surface area contributed by atoms with Crippen molar-refractivity contribution in [2.45, 2.75) is 45.6 Å². The van der Waals surface area contributed by atoms with Crippen molar-refractivity contribution in [2.24, 2.45) is 11.1 Å². The van der Waals surface area contributed by atoms with Crippen molar-refractivity contribution in [1.82, 2.24) is 4.90 Å². The van der Waals surface area contributed by atoms with Gasteiger partial charge >= 0.3 is 0 Å². The summed E-state index contributed by atoms with van der Waals surface area (Å²) < 4.78 is 26.9. The van der Waals surface area contributed by atoms with Crippen LogP contribution < -0.4 is 5.73 Å². The highest BCUT2D eigenvalue weighted by atomic mass is 19.2. The lowest BCUT2D eigenvalue weighted by atomic mass is 9.82. The summed E-state index contributed by atoms with van der Waals surface area (Å²) in [5.41, 5.74) is 6.76. The number of rotatable bonds is 6. The largest absolute Gasteiger partial charge is 0.324 e. The molecule has 1 heterocycles. The van der Waals surface area contributed by atoms with E-state index in [4.69, 9.17) is 5.73 Å². The highest BCUT2D eigenvalue weighted by Gasteiger charge is 2.34. The number of nitrogens with two attached hydrogens (primary N) is 1. The normalized spacial score (nSPS) is 19.9. The van der Waals surface area contributed by atoms with Gasteiger partial charge in [-0.15, -0.1) is 0 Å². The van der Waals surface area contributed by atoms with Gasteiger partial charge in [-0.2, -0.15) is 0 Å². The van der Waals surface area contributed by atoms with Crippen LogP contribution in [0.5, 0.6) is 0 Å². The van der Waals surface area contributed by atoms with E-state index < -0.39 is 17.7 Å². The molecule has 2 N–H and O–H groups in total. The number of hydrogen-bond donors (Lipinski definition) is 1. The monoisotopic (exact) mass is 296 g/mol. The predicted molar refractivity (Wildman–Crippen MR) is 82.0 cm³/mol. The number of nitrogens with zero attached hydrogens (tertiary/aromatic N) is 1. The van der Waals surface area contributed by atoms with E-state index in [9.17, 15) is 8.78 Å². The summed E-state index contributed by atoms with van der Waals surface area (Å²) >= 11 is 0. The van der Waals surface area contributed by atoms with E-state index in [1.54, 1.807) is 6.07 Å². The van der Waals surface area contributed by atoms with Crippen molar-refractivity contribution in [3.8, 4) is 0 Å². The van der Waals surface area contributed by atoms with Crippen LogP contribution in [0.4, 0.5) is 8.78 Å². The van der Waals surface area contributed by atoms with Gasteiger partial charge in [0.15, 0.2) is 11.6 Å². The van der Waals surface area contributed by atoms with Gasteiger partial charge in [0.05, 0.1) is 0 Å². The molecule has 1 aliphatic heterocycles. The molecule has 0 bridgehead atoms. The minimum absolute atomic E-state index is 0.284. The maximum Gasteiger partial charge on any atom is 0.163 e. The lowest BCUT2D eigenvalue weighted by molar-refractivity contribution is 0.235. The van der Waals surface area contributed by atoms with Gasteiger partial charge in [0.2, 0.25) is 0 Å². The Morgan fingerprint density at radius 3 is 2.62 bits per heavy atom. The Labute approximate surface area is 126 Å². The molecule has 1 aromatic rings. The van der Waals surface area contributed by atoms with Crippen LogP contribution in [0, 0.1) is 17.0 Å². The molecule has 0 aliphatic carbocycles. The van der Waals surface area contributed by atoms with Crippen LogP contribution in [0.15, 0.2) is 18.2 Å². The Kier molecular flexibility index (Phi) is 5.33.